The zero-order valence-electron chi connectivity index (χ0n) is 13.4. The molecule has 10 heteroatoms. The summed E-state index contributed by atoms with van der Waals surface area (Å²) in [7, 11) is -4.37. The van der Waals surface area contributed by atoms with Crippen molar-refractivity contribution >= 4 is 19.8 Å². The largest absolute Gasteiger partial charge is 0.472 e. The molecule has 136 valence electrons. The second-order valence-electron chi connectivity index (χ2n) is 4.62. The van der Waals surface area contributed by atoms with E-state index >= 15 is 0 Å². The molecule has 23 heavy (non-hydrogen) atoms. The molecular weight excluding hydrogens is 331 g/mol. The fourth-order valence-electron chi connectivity index (χ4n) is 1.40. The molecule has 0 aromatic rings. The molecule has 0 aromatic carbocycles. The van der Waals surface area contributed by atoms with Crippen molar-refractivity contribution in [3.8, 4) is 0 Å². The summed E-state index contributed by atoms with van der Waals surface area (Å²) in [6, 6.07) is 0. The Morgan fingerprint density at radius 1 is 1.04 bits per heavy atom. The van der Waals surface area contributed by atoms with Crippen LogP contribution in [0.1, 0.15) is 39.5 Å². The number of rotatable bonds is 13. The predicted octanol–water partition coefficient (Wildman–Crippen LogP) is 1.17. The lowest BCUT2D eigenvalue weighted by Gasteiger charge is -2.19. The molecule has 0 aliphatic rings. The van der Waals surface area contributed by atoms with E-state index in [1.54, 1.807) is 6.92 Å². The third-order valence-electron chi connectivity index (χ3n) is 2.41. The second kappa shape index (κ2) is 12.4. The molecule has 0 aliphatic heterocycles. The van der Waals surface area contributed by atoms with Gasteiger partial charge in [-0.3, -0.25) is 18.6 Å². The molecule has 0 aromatic heterocycles. The van der Waals surface area contributed by atoms with Crippen molar-refractivity contribution in [2.24, 2.45) is 0 Å². The van der Waals surface area contributed by atoms with Gasteiger partial charge in [-0.1, -0.05) is 13.8 Å². The summed E-state index contributed by atoms with van der Waals surface area (Å²) in [6.45, 7) is 2.02. The molecule has 1 unspecified atom stereocenters. The zero-order chi connectivity index (χ0) is 17.7. The average Bonchev–Trinajstić information content (AvgIpc) is 2.48. The van der Waals surface area contributed by atoms with Gasteiger partial charge in [0.15, 0.2) is 6.10 Å². The highest BCUT2D eigenvalue weighted by Crippen LogP contribution is 2.43. The Kier molecular flexibility index (Phi) is 11.9. The Bertz CT molecular complexity index is 399. The fraction of sp³-hybridized carbons (Fsp3) is 0.846. The van der Waals surface area contributed by atoms with Gasteiger partial charge in [0.05, 0.1) is 19.8 Å². The number of aliphatic hydroxyl groups is 1. The van der Waals surface area contributed by atoms with Crippen LogP contribution in [-0.4, -0.2) is 54.5 Å². The van der Waals surface area contributed by atoms with E-state index in [1.807, 2.05) is 6.92 Å². The summed E-state index contributed by atoms with van der Waals surface area (Å²) in [4.78, 5) is 32.2. The van der Waals surface area contributed by atoms with Gasteiger partial charge in [0.2, 0.25) is 0 Å². The number of esters is 2. The average molecular weight is 356 g/mol. The topological polar surface area (TPSA) is 129 Å². The van der Waals surface area contributed by atoms with Crippen molar-refractivity contribution in [3.05, 3.63) is 0 Å². The maximum atomic E-state index is 11.5. The molecule has 9 nitrogen and oxygen atoms in total. The maximum absolute atomic E-state index is 11.5. The minimum Gasteiger partial charge on any atom is -0.462 e. The van der Waals surface area contributed by atoms with Crippen molar-refractivity contribution in [2.75, 3.05) is 26.4 Å². The third-order valence-corrected chi connectivity index (χ3v) is 3.39. The number of hydrogen-bond donors (Lipinski definition) is 2. The van der Waals surface area contributed by atoms with E-state index in [4.69, 9.17) is 14.6 Å². The van der Waals surface area contributed by atoms with Crippen molar-refractivity contribution < 1.29 is 42.7 Å². The molecule has 0 heterocycles. The van der Waals surface area contributed by atoms with Gasteiger partial charge in [-0.2, -0.15) is 0 Å². The first-order valence-electron chi connectivity index (χ1n) is 7.42. The van der Waals surface area contributed by atoms with Crippen LogP contribution >= 0.6 is 7.82 Å². The third kappa shape index (κ3) is 12.1. The van der Waals surface area contributed by atoms with E-state index in [0.29, 0.717) is 12.8 Å². The predicted molar refractivity (Wildman–Crippen MR) is 79.5 cm³/mol. The first kappa shape index (κ1) is 22.0. The quantitative estimate of drug-likeness (QED) is 0.369. The minimum atomic E-state index is -4.37. The Labute approximate surface area is 135 Å². The van der Waals surface area contributed by atoms with Gasteiger partial charge in [-0.15, -0.1) is 0 Å². The number of ether oxygens (including phenoxy) is 2. The molecule has 0 saturated heterocycles. The number of phosphoric acid groups is 1. The minimum absolute atomic E-state index is 0.164. The van der Waals surface area contributed by atoms with Crippen molar-refractivity contribution in [1.82, 2.24) is 0 Å². The lowest BCUT2D eigenvalue weighted by atomic mass is 10.3. The van der Waals surface area contributed by atoms with E-state index in [2.05, 4.69) is 9.05 Å². The van der Waals surface area contributed by atoms with E-state index < -0.39 is 39.1 Å². The maximum Gasteiger partial charge on any atom is 0.472 e. The molecule has 0 bridgehead atoms. The van der Waals surface area contributed by atoms with Crippen LogP contribution in [0.4, 0.5) is 0 Å². The molecule has 2 N–H and O–H groups in total. The van der Waals surface area contributed by atoms with Crippen LogP contribution < -0.4 is 0 Å². The van der Waals surface area contributed by atoms with Crippen molar-refractivity contribution in [1.29, 1.82) is 0 Å². The van der Waals surface area contributed by atoms with Gasteiger partial charge in [0.25, 0.3) is 0 Å². The molecule has 0 saturated carbocycles. The van der Waals surface area contributed by atoms with Crippen LogP contribution in [0.15, 0.2) is 0 Å². The molecule has 0 radical (unpaired) electrons. The monoisotopic (exact) mass is 356 g/mol. The molecule has 0 fully saturated rings. The summed E-state index contributed by atoms with van der Waals surface area (Å²) in [5, 5.41) is 8.54. The fourth-order valence-corrected chi connectivity index (χ4v) is 2.14. The second-order valence-corrected chi connectivity index (χ2v) is 6.07. The highest BCUT2D eigenvalue weighted by molar-refractivity contribution is 7.47. The zero-order valence-corrected chi connectivity index (χ0v) is 14.3. The van der Waals surface area contributed by atoms with Gasteiger partial charge in [-0.25, -0.2) is 4.57 Å². The molecule has 0 spiro atoms. The number of carbonyl (C=O) groups is 2. The van der Waals surface area contributed by atoms with Crippen LogP contribution in [0.25, 0.3) is 0 Å². The normalized spacial score (nSPS) is 14.8. The standard InChI is InChI=1S/C13H25O9P/c1-3-5-12(15)19-9-11(22-13(16)6-4-2)10-21-23(17,18)20-8-7-14/h11,14H,3-10H2,1-2H3,(H,17,18)/t11-/m1/s1. The van der Waals surface area contributed by atoms with Gasteiger partial charge in [0, 0.05) is 12.8 Å². The summed E-state index contributed by atoms with van der Waals surface area (Å²) in [6.07, 6.45) is 0.538. The number of phosphoric ester groups is 1. The summed E-state index contributed by atoms with van der Waals surface area (Å²) in [5.74, 6) is -0.996. The van der Waals surface area contributed by atoms with Crippen LogP contribution in [0, 0.1) is 0 Å². The Morgan fingerprint density at radius 3 is 2.22 bits per heavy atom. The summed E-state index contributed by atoms with van der Waals surface area (Å²) < 4.78 is 30.6. The smallest absolute Gasteiger partial charge is 0.462 e. The molecular formula is C13H25O9P. The number of hydrogen-bond acceptors (Lipinski definition) is 8. The van der Waals surface area contributed by atoms with Crippen molar-refractivity contribution in [2.45, 2.75) is 45.6 Å². The van der Waals surface area contributed by atoms with Crippen LogP contribution in [-0.2, 0) is 32.7 Å². The van der Waals surface area contributed by atoms with Crippen LogP contribution in [0.2, 0.25) is 0 Å². The first-order chi connectivity index (χ1) is 10.8. The SMILES string of the molecule is CCCC(=O)OC[C@H](COP(=O)(O)OCCO)OC(=O)CCC. The van der Waals surface area contributed by atoms with E-state index in [9.17, 15) is 19.0 Å². The lowest BCUT2D eigenvalue weighted by Crippen LogP contribution is -2.29. The number of aliphatic hydroxyl groups excluding tert-OH is 1. The highest BCUT2D eigenvalue weighted by atomic mass is 31.2. The van der Waals surface area contributed by atoms with E-state index in [1.165, 1.54) is 0 Å². The van der Waals surface area contributed by atoms with E-state index in [-0.39, 0.29) is 26.1 Å². The van der Waals surface area contributed by atoms with Gasteiger partial charge in [0.1, 0.15) is 6.61 Å². The van der Waals surface area contributed by atoms with Crippen LogP contribution in [0.3, 0.4) is 0 Å². The summed E-state index contributed by atoms with van der Waals surface area (Å²) in [5.41, 5.74) is 0. The molecule has 0 amide bonds. The van der Waals surface area contributed by atoms with Gasteiger partial charge in [-0.05, 0) is 12.8 Å². The molecule has 0 rings (SSSR count). The Morgan fingerprint density at radius 2 is 1.65 bits per heavy atom. The molecule has 2 atom stereocenters. The number of carbonyl (C=O) groups excluding carboxylic acids is 2. The summed E-state index contributed by atoms with van der Waals surface area (Å²) >= 11 is 0. The Hall–Kier alpha value is -0.990. The Balaban J connectivity index is 4.49. The van der Waals surface area contributed by atoms with Gasteiger partial charge >= 0.3 is 19.8 Å². The first-order valence-corrected chi connectivity index (χ1v) is 8.92. The highest BCUT2D eigenvalue weighted by Gasteiger charge is 2.25. The van der Waals surface area contributed by atoms with Crippen molar-refractivity contribution in [3.63, 3.8) is 0 Å². The lowest BCUT2D eigenvalue weighted by molar-refractivity contribution is -0.161. The van der Waals surface area contributed by atoms with E-state index in [0.717, 1.165) is 0 Å². The van der Waals surface area contributed by atoms with Crippen LogP contribution in [0.5, 0.6) is 0 Å². The van der Waals surface area contributed by atoms with Gasteiger partial charge < -0.3 is 19.5 Å². The molecule has 0 aliphatic carbocycles.